The molecule has 0 saturated carbocycles. The molecule has 0 aliphatic heterocycles. The van der Waals surface area contributed by atoms with Crippen LogP contribution < -0.4 is 16.4 Å². The van der Waals surface area contributed by atoms with Crippen LogP contribution in [0.4, 0.5) is 5.69 Å². The number of anilines is 1. The van der Waals surface area contributed by atoms with Gasteiger partial charge < -0.3 is 16.4 Å². The Morgan fingerprint density at radius 2 is 1.75 bits per heavy atom. The summed E-state index contributed by atoms with van der Waals surface area (Å²) in [6.45, 7) is 2.43. The van der Waals surface area contributed by atoms with Crippen LogP contribution >= 0.6 is 15.9 Å². The maximum Gasteiger partial charge on any atom is 0.279 e. The van der Waals surface area contributed by atoms with Crippen molar-refractivity contribution in [2.75, 3.05) is 11.9 Å². The van der Waals surface area contributed by atoms with Crippen molar-refractivity contribution in [2.24, 2.45) is 5.73 Å². The first-order valence-corrected chi connectivity index (χ1v) is 8.57. The van der Waals surface area contributed by atoms with E-state index in [0.717, 1.165) is 10.9 Å². The number of nitrogens with one attached hydrogen (secondary N) is 1. The monoisotopic (exact) mass is 390 g/mol. The predicted molar refractivity (Wildman–Crippen MR) is 97.6 cm³/mol. The average molecular weight is 391 g/mol. The Hall–Kier alpha value is -2.18. The van der Waals surface area contributed by atoms with Crippen molar-refractivity contribution in [2.45, 2.75) is 19.4 Å². The molecular weight excluding hydrogens is 370 g/mol. The van der Waals surface area contributed by atoms with Crippen LogP contribution in [0.1, 0.15) is 35.3 Å². The highest BCUT2D eigenvalue weighted by Crippen LogP contribution is 2.16. The second kappa shape index (κ2) is 8.61. The molecule has 1 atom stereocenters. The van der Waals surface area contributed by atoms with Crippen molar-refractivity contribution >= 4 is 33.4 Å². The second-order valence-electron chi connectivity index (χ2n) is 5.50. The third-order valence-electron chi connectivity index (χ3n) is 3.78. The lowest BCUT2D eigenvalue weighted by Gasteiger charge is -2.14. The van der Waals surface area contributed by atoms with E-state index in [1.54, 1.807) is 24.3 Å². The molecular formula is C18H21BrN3O2+. The number of nitrogens with two attached hydrogens (primary N) is 2. The zero-order valence-corrected chi connectivity index (χ0v) is 15.0. The normalized spacial score (nSPS) is 11.8. The van der Waals surface area contributed by atoms with Gasteiger partial charge in [0, 0.05) is 27.7 Å². The Bertz CT molecular complexity index is 699. The van der Waals surface area contributed by atoms with E-state index in [0.29, 0.717) is 17.8 Å². The van der Waals surface area contributed by atoms with Gasteiger partial charge in [0.2, 0.25) is 5.91 Å². The van der Waals surface area contributed by atoms with Crippen LogP contribution in [0.5, 0.6) is 0 Å². The molecule has 0 bridgehead atoms. The number of amides is 2. The standard InChI is InChI=1S/C18H20BrN3O2/c1-2-16(12-3-7-14(19)8-4-12)21-11-17(23)22-15-9-5-13(6-10-15)18(20)24/h3-10,16,21H,2,11H2,1H3,(H2,20,24)(H,22,23)/p+1/t16-/m0/s1. The average Bonchev–Trinajstić information content (AvgIpc) is 2.57. The van der Waals surface area contributed by atoms with Gasteiger partial charge in [0.25, 0.3) is 5.91 Å². The van der Waals surface area contributed by atoms with Gasteiger partial charge in [-0.3, -0.25) is 9.59 Å². The minimum atomic E-state index is -0.485. The quantitative estimate of drug-likeness (QED) is 0.676. The van der Waals surface area contributed by atoms with Crippen molar-refractivity contribution in [1.82, 2.24) is 0 Å². The van der Waals surface area contributed by atoms with Crippen molar-refractivity contribution in [3.63, 3.8) is 0 Å². The van der Waals surface area contributed by atoms with Crippen molar-refractivity contribution in [3.8, 4) is 0 Å². The molecule has 2 aromatic carbocycles. The summed E-state index contributed by atoms with van der Waals surface area (Å²) >= 11 is 3.43. The van der Waals surface area contributed by atoms with Crippen LogP contribution in [-0.4, -0.2) is 18.4 Å². The number of rotatable bonds is 7. The Labute approximate surface area is 149 Å². The van der Waals surface area contributed by atoms with Gasteiger partial charge >= 0.3 is 0 Å². The second-order valence-corrected chi connectivity index (χ2v) is 6.41. The third-order valence-corrected chi connectivity index (χ3v) is 4.31. The summed E-state index contributed by atoms with van der Waals surface area (Å²) < 4.78 is 1.04. The molecule has 5 nitrogen and oxygen atoms in total. The molecule has 24 heavy (non-hydrogen) atoms. The zero-order valence-electron chi connectivity index (χ0n) is 13.5. The van der Waals surface area contributed by atoms with Gasteiger partial charge in [-0.25, -0.2) is 0 Å². The summed E-state index contributed by atoms with van der Waals surface area (Å²) in [6.07, 6.45) is 0.933. The number of quaternary nitrogens is 1. The number of carbonyl (C=O) groups excluding carboxylic acids is 2. The largest absolute Gasteiger partial charge is 0.366 e. The smallest absolute Gasteiger partial charge is 0.279 e. The highest BCUT2D eigenvalue weighted by molar-refractivity contribution is 9.10. The molecule has 0 unspecified atom stereocenters. The maximum atomic E-state index is 12.1. The molecule has 0 radical (unpaired) electrons. The summed E-state index contributed by atoms with van der Waals surface area (Å²) in [7, 11) is 0. The highest BCUT2D eigenvalue weighted by Gasteiger charge is 2.14. The molecule has 2 amide bonds. The minimum absolute atomic E-state index is 0.0858. The van der Waals surface area contributed by atoms with Crippen LogP contribution in [0.25, 0.3) is 0 Å². The van der Waals surface area contributed by atoms with Crippen LogP contribution in [0, 0.1) is 0 Å². The van der Waals surface area contributed by atoms with Gasteiger partial charge in [-0.1, -0.05) is 35.0 Å². The van der Waals surface area contributed by atoms with Gasteiger partial charge in [0.1, 0.15) is 6.04 Å². The summed E-state index contributed by atoms with van der Waals surface area (Å²) in [6, 6.07) is 14.9. The van der Waals surface area contributed by atoms with Crippen LogP contribution in [0.15, 0.2) is 53.0 Å². The van der Waals surface area contributed by atoms with E-state index >= 15 is 0 Å². The number of benzene rings is 2. The topological polar surface area (TPSA) is 88.8 Å². The van der Waals surface area contributed by atoms with E-state index in [1.165, 1.54) is 5.56 Å². The molecule has 0 saturated heterocycles. The Morgan fingerprint density at radius 3 is 2.29 bits per heavy atom. The number of hydrogen-bond acceptors (Lipinski definition) is 2. The molecule has 0 aromatic heterocycles. The molecule has 0 heterocycles. The Balaban J connectivity index is 1.89. The fraction of sp³-hybridized carbons (Fsp3) is 0.222. The van der Waals surface area contributed by atoms with Crippen molar-refractivity contribution < 1.29 is 14.9 Å². The number of carbonyl (C=O) groups is 2. The SMILES string of the molecule is CC[C@H]([NH2+]CC(=O)Nc1ccc(C(N)=O)cc1)c1ccc(Br)cc1. The molecule has 6 heteroatoms. The first kappa shape index (κ1) is 18.2. The molecule has 2 aromatic rings. The molecule has 2 rings (SSSR count). The first-order chi connectivity index (χ1) is 11.5. The lowest BCUT2D eigenvalue weighted by Crippen LogP contribution is -2.87. The lowest BCUT2D eigenvalue weighted by atomic mass is 10.0. The molecule has 0 aliphatic carbocycles. The van der Waals surface area contributed by atoms with E-state index in [9.17, 15) is 9.59 Å². The maximum absolute atomic E-state index is 12.1. The molecule has 0 spiro atoms. The number of hydrogen-bond donors (Lipinski definition) is 3. The van der Waals surface area contributed by atoms with E-state index in [1.807, 2.05) is 17.4 Å². The summed E-state index contributed by atoms with van der Waals surface area (Å²) in [5, 5.41) is 4.84. The van der Waals surface area contributed by atoms with E-state index < -0.39 is 5.91 Å². The van der Waals surface area contributed by atoms with Crippen LogP contribution in [0.3, 0.4) is 0 Å². The van der Waals surface area contributed by atoms with E-state index in [4.69, 9.17) is 5.73 Å². The van der Waals surface area contributed by atoms with Gasteiger partial charge in [0.15, 0.2) is 6.54 Å². The van der Waals surface area contributed by atoms with Crippen LogP contribution in [-0.2, 0) is 4.79 Å². The minimum Gasteiger partial charge on any atom is -0.366 e. The van der Waals surface area contributed by atoms with E-state index in [2.05, 4.69) is 40.3 Å². The summed E-state index contributed by atoms with van der Waals surface area (Å²) in [5.74, 6) is -0.570. The highest BCUT2D eigenvalue weighted by atomic mass is 79.9. The molecule has 0 aliphatic rings. The van der Waals surface area contributed by atoms with E-state index in [-0.39, 0.29) is 11.9 Å². The van der Waals surface area contributed by atoms with Crippen molar-refractivity contribution in [3.05, 3.63) is 64.1 Å². The number of primary amides is 1. The van der Waals surface area contributed by atoms with Gasteiger partial charge in [0.05, 0.1) is 0 Å². The summed E-state index contributed by atoms with van der Waals surface area (Å²) in [4.78, 5) is 23.1. The van der Waals surface area contributed by atoms with Gasteiger partial charge in [-0.2, -0.15) is 0 Å². The Kier molecular flexibility index (Phi) is 6.52. The Morgan fingerprint density at radius 1 is 1.12 bits per heavy atom. The summed E-state index contributed by atoms with van der Waals surface area (Å²) in [5.41, 5.74) is 7.45. The predicted octanol–water partition coefficient (Wildman–Crippen LogP) is 2.20. The molecule has 5 N–H and O–H groups in total. The molecule has 126 valence electrons. The fourth-order valence-electron chi connectivity index (χ4n) is 2.43. The van der Waals surface area contributed by atoms with Gasteiger partial charge in [-0.05, 0) is 36.4 Å². The zero-order chi connectivity index (χ0) is 17.5. The molecule has 0 fully saturated rings. The lowest BCUT2D eigenvalue weighted by molar-refractivity contribution is -0.686. The third kappa shape index (κ3) is 5.18. The fourth-order valence-corrected chi connectivity index (χ4v) is 2.69. The number of halogens is 1. The van der Waals surface area contributed by atoms with Crippen LogP contribution in [0.2, 0.25) is 0 Å². The first-order valence-electron chi connectivity index (χ1n) is 7.78. The van der Waals surface area contributed by atoms with Gasteiger partial charge in [-0.15, -0.1) is 0 Å². The van der Waals surface area contributed by atoms with Crippen molar-refractivity contribution in [1.29, 1.82) is 0 Å².